The van der Waals surface area contributed by atoms with Crippen LogP contribution in [0.4, 0.5) is 0 Å². The molecule has 1 amide bonds. The van der Waals surface area contributed by atoms with Crippen LogP contribution in [-0.2, 0) is 4.79 Å². The standard InChI is InChI=1S/C9H15NO/c1-8-6-9(8)2-4-10(7-11)5-3-9/h7-8H,2-6H2,1H3/t8-/m1/s1. The van der Waals surface area contributed by atoms with Gasteiger partial charge in [0, 0.05) is 13.1 Å². The lowest BCUT2D eigenvalue weighted by atomic mass is 9.91. The van der Waals surface area contributed by atoms with Gasteiger partial charge >= 0.3 is 0 Å². The molecule has 2 fully saturated rings. The van der Waals surface area contributed by atoms with Crippen LogP contribution < -0.4 is 0 Å². The number of rotatable bonds is 1. The van der Waals surface area contributed by atoms with Gasteiger partial charge in [0.05, 0.1) is 0 Å². The fourth-order valence-electron chi connectivity index (χ4n) is 2.32. The Balaban J connectivity index is 1.90. The van der Waals surface area contributed by atoms with Gasteiger partial charge in [-0.3, -0.25) is 4.79 Å². The van der Waals surface area contributed by atoms with Crippen LogP contribution in [0.3, 0.4) is 0 Å². The number of nitrogens with zero attached hydrogens (tertiary/aromatic N) is 1. The Morgan fingerprint density at radius 1 is 1.45 bits per heavy atom. The molecule has 1 heterocycles. The average molecular weight is 153 g/mol. The fraction of sp³-hybridized carbons (Fsp3) is 0.889. The smallest absolute Gasteiger partial charge is 0.209 e. The second-order valence-electron chi connectivity index (χ2n) is 4.11. The first-order chi connectivity index (χ1) is 5.27. The Bertz CT molecular complexity index is 170. The van der Waals surface area contributed by atoms with E-state index in [1.165, 1.54) is 19.3 Å². The predicted molar refractivity (Wildman–Crippen MR) is 43.1 cm³/mol. The van der Waals surface area contributed by atoms with Gasteiger partial charge in [-0.2, -0.15) is 0 Å². The summed E-state index contributed by atoms with van der Waals surface area (Å²) in [6, 6.07) is 0. The van der Waals surface area contributed by atoms with Crippen molar-refractivity contribution in [1.82, 2.24) is 4.90 Å². The van der Waals surface area contributed by atoms with Crippen molar-refractivity contribution < 1.29 is 4.79 Å². The van der Waals surface area contributed by atoms with Gasteiger partial charge in [0.1, 0.15) is 0 Å². The summed E-state index contributed by atoms with van der Waals surface area (Å²) >= 11 is 0. The minimum absolute atomic E-state index is 0.666. The van der Waals surface area contributed by atoms with E-state index in [0.717, 1.165) is 25.4 Å². The molecule has 2 rings (SSSR count). The second kappa shape index (κ2) is 2.23. The lowest BCUT2D eigenvalue weighted by molar-refractivity contribution is -0.119. The highest BCUT2D eigenvalue weighted by Gasteiger charge is 2.51. The van der Waals surface area contributed by atoms with Gasteiger partial charge < -0.3 is 4.90 Å². The summed E-state index contributed by atoms with van der Waals surface area (Å²) in [5.41, 5.74) is 0.666. The number of hydrogen-bond acceptors (Lipinski definition) is 1. The summed E-state index contributed by atoms with van der Waals surface area (Å²) in [7, 11) is 0. The number of amides is 1. The van der Waals surface area contributed by atoms with Crippen LogP contribution in [0.15, 0.2) is 0 Å². The van der Waals surface area contributed by atoms with Crippen LogP contribution in [-0.4, -0.2) is 24.4 Å². The third-order valence-electron chi connectivity index (χ3n) is 3.54. The van der Waals surface area contributed by atoms with Gasteiger partial charge in [-0.15, -0.1) is 0 Å². The third-order valence-corrected chi connectivity index (χ3v) is 3.54. The van der Waals surface area contributed by atoms with E-state index in [1.807, 2.05) is 4.90 Å². The number of likely N-dealkylation sites (tertiary alicyclic amines) is 1. The van der Waals surface area contributed by atoms with E-state index in [9.17, 15) is 4.79 Å². The van der Waals surface area contributed by atoms with Crippen LogP contribution in [0, 0.1) is 11.3 Å². The summed E-state index contributed by atoms with van der Waals surface area (Å²) in [5.74, 6) is 0.927. The van der Waals surface area contributed by atoms with E-state index >= 15 is 0 Å². The molecule has 0 aromatic rings. The average Bonchev–Trinajstić information content (AvgIpc) is 2.64. The van der Waals surface area contributed by atoms with Crippen LogP contribution in [0.25, 0.3) is 0 Å². The molecule has 2 aliphatic rings. The molecular weight excluding hydrogens is 138 g/mol. The van der Waals surface area contributed by atoms with Crippen molar-refractivity contribution >= 4 is 6.41 Å². The van der Waals surface area contributed by atoms with Gasteiger partial charge in [0.25, 0.3) is 0 Å². The number of hydrogen-bond donors (Lipinski definition) is 0. The van der Waals surface area contributed by atoms with Crippen LogP contribution in [0.2, 0.25) is 0 Å². The van der Waals surface area contributed by atoms with Gasteiger partial charge in [0.2, 0.25) is 6.41 Å². The normalized spacial score (nSPS) is 33.9. The summed E-state index contributed by atoms with van der Waals surface area (Å²) in [5, 5.41) is 0. The molecule has 1 aliphatic carbocycles. The molecule has 1 aliphatic heterocycles. The van der Waals surface area contributed by atoms with Gasteiger partial charge in [-0.05, 0) is 30.6 Å². The Morgan fingerprint density at radius 3 is 2.36 bits per heavy atom. The number of piperidine rings is 1. The van der Waals surface area contributed by atoms with Crippen molar-refractivity contribution in [3.05, 3.63) is 0 Å². The van der Waals surface area contributed by atoms with E-state index in [4.69, 9.17) is 0 Å². The van der Waals surface area contributed by atoms with Crippen molar-refractivity contribution in [2.45, 2.75) is 26.2 Å². The molecule has 0 aromatic heterocycles. The highest BCUT2D eigenvalue weighted by atomic mass is 16.1. The zero-order valence-corrected chi connectivity index (χ0v) is 7.05. The zero-order valence-electron chi connectivity index (χ0n) is 7.05. The minimum atomic E-state index is 0.666. The molecule has 1 saturated heterocycles. The molecule has 62 valence electrons. The third kappa shape index (κ3) is 1.05. The molecule has 0 aromatic carbocycles. The van der Waals surface area contributed by atoms with E-state index in [2.05, 4.69) is 6.92 Å². The van der Waals surface area contributed by atoms with E-state index in [-0.39, 0.29) is 0 Å². The maximum absolute atomic E-state index is 10.4. The number of carbonyl (C=O) groups excluding carboxylic acids is 1. The van der Waals surface area contributed by atoms with E-state index < -0.39 is 0 Å². The SMILES string of the molecule is C[C@@H]1CC12CCN(C=O)CC2. The van der Waals surface area contributed by atoms with Gasteiger partial charge in [0.15, 0.2) is 0 Å². The summed E-state index contributed by atoms with van der Waals surface area (Å²) < 4.78 is 0. The molecule has 0 bridgehead atoms. The highest BCUT2D eigenvalue weighted by molar-refractivity contribution is 5.47. The van der Waals surface area contributed by atoms with E-state index in [0.29, 0.717) is 5.41 Å². The first kappa shape index (κ1) is 7.14. The molecule has 0 N–H and O–H groups in total. The first-order valence-corrected chi connectivity index (χ1v) is 4.46. The first-order valence-electron chi connectivity index (χ1n) is 4.46. The van der Waals surface area contributed by atoms with E-state index in [1.54, 1.807) is 0 Å². The van der Waals surface area contributed by atoms with Crippen LogP contribution in [0.1, 0.15) is 26.2 Å². The molecule has 0 unspecified atom stereocenters. The summed E-state index contributed by atoms with van der Waals surface area (Å²) in [6.07, 6.45) is 4.87. The largest absolute Gasteiger partial charge is 0.345 e. The lowest BCUT2D eigenvalue weighted by Crippen LogP contribution is -2.33. The van der Waals surface area contributed by atoms with Crippen LogP contribution in [0.5, 0.6) is 0 Å². The summed E-state index contributed by atoms with van der Waals surface area (Å²) in [4.78, 5) is 12.3. The molecule has 2 heteroatoms. The van der Waals surface area contributed by atoms with Crippen molar-refractivity contribution in [2.24, 2.45) is 11.3 Å². The molecular formula is C9H15NO. The molecule has 0 radical (unpaired) electrons. The van der Waals surface area contributed by atoms with Crippen LogP contribution >= 0.6 is 0 Å². The maximum atomic E-state index is 10.4. The Hall–Kier alpha value is -0.530. The maximum Gasteiger partial charge on any atom is 0.209 e. The second-order valence-corrected chi connectivity index (χ2v) is 4.11. The van der Waals surface area contributed by atoms with Crippen molar-refractivity contribution in [3.63, 3.8) is 0 Å². The molecule has 1 spiro atoms. The summed E-state index contributed by atoms with van der Waals surface area (Å²) in [6.45, 7) is 4.32. The molecule has 11 heavy (non-hydrogen) atoms. The lowest BCUT2D eigenvalue weighted by Gasteiger charge is -2.29. The quantitative estimate of drug-likeness (QED) is 0.519. The predicted octanol–water partition coefficient (Wildman–Crippen LogP) is 1.26. The Morgan fingerprint density at radius 2 is 2.00 bits per heavy atom. The molecule has 1 atom stereocenters. The van der Waals surface area contributed by atoms with Crippen molar-refractivity contribution in [3.8, 4) is 0 Å². The van der Waals surface area contributed by atoms with Crippen molar-refractivity contribution in [1.29, 1.82) is 0 Å². The minimum Gasteiger partial charge on any atom is -0.345 e. The Labute approximate surface area is 67.6 Å². The van der Waals surface area contributed by atoms with Gasteiger partial charge in [-0.1, -0.05) is 6.92 Å². The highest BCUT2D eigenvalue weighted by Crippen LogP contribution is 2.58. The van der Waals surface area contributed by atoms with Gasteiger partial charge in [-0.25, -0.2) is 0 Å². The fourth-order valence-corrected chi connectivity index (χ4v) is 2.32. The molecule has 2 nitrogen and oxygen atoms in total. The molecule has 1 saturated carbocycles. The monoisotopic (exact) mass is 153 g/mol. The zero-order chi connectivity index (χ0) is 7.90. The number of carbonyl (C=O) groups is 1. The topological polar surface area (TPSA) is 20.3 Å². The Kier molecular flexibility index (Phi) is 1.44. The van der Waals surface area contributed by atoms with Crippen molar-refractivity contribution in [2.75, 3.05) is 13.1 Å².